The molecule has 55 heavy (non-hydrogen) atoms. The van der Waals surface area contributed by atoms with E-state index in [0.29, 0.717) is 5.82 Å². The molecule has 0 radical (unpaired) electrons. The van der Waals surface area contributed by atoms with Gasteiger partial charge in [0, 0.05) is 63.5 Å². The van der Waals surface area contributed by atoms with E-state index in [2.05, 4.69) is 137 Å². The van der Waals surface area contributed by atoms with Crippen LogP contribution >= 0.6 is 22.6 Å². The highest BCUT2D eigenvalue weighted by atomic mass is 127. The minimum Gasteiger partial charge on any atom is -0.385 e. The normalized spacial score (nSPS) is 18.7. The quantitative estimate of drug-likeness (QED) is 0.0954. The van der Waals surface area contributed by atoms with Crippen molar-refractivity contribution in [3.05, 3.63) is 191 Å². The molecule has 1 atom stereocenters. The second-order valence-electron chi connectivity index (χ2n) is 15.6. The maximum absolute atomic E-state index is 6.81. The molecular formula is C48H43IN6. The van der Waals surface area contributed by atoms with E-state index in [9.17, 15) is 0 Å². The summed E-state index contributed by atoms with van der Waals surface area (Å²) in [7, 11) is 0. The molecular weight excluding hydrogens is 787 g/mol. The van der Waals surface area contributed by atoms with Crippen molar-refractivity contribution in [3.63, 3.8) is 0 Å². The van der Waals surface area contributed by atoms with Crippen LogP contribution in [0.15, 0.2) is 169 Å². The van der Waals surface area contributed by atoms with E-state index < -0.39 is 0 Å². The van der Waals surface area contributed by atoms with Crippen LogP contribution in [0.1, 0.15) is 56.4 Å². The molecule has 0 aliphatic heterocycles. The van der Waals surface area contributed by atoms with Gasteiger partial charge in [-0.05, 0) is 123 Å². The van der Waals surface area contributed by atoms with Gasteiger partial charge < -0.3 is 5.73 Å². The number of allylic oxidation sites excluding steroid dienone is 11. The standard InChI is InChI=1S/C48H43IN6/c1-47(2)39-17-15-36-35(45(39)37-13-11-33(29-41(37)47)54(31-19-25-51-26-20-31)43(50)9-5-7-23-49)16-18-40-46(36)38-14-12-34(30-42(38)48(40,3)4)55(32-21-27-52-28-22-32)44-10-6-8-24-53-44/h5-14,16-22,24-30,36H,15,23,50H2,1-4H3/b7-5-,43-9+. The number of hydrogen-bond donors (Lipinski definition) is 1. The highest BCUT2D eigenvalue weighted by Crippen LogP contribution is 2.61. The van der Waals surface area contributed by atoms with Crippen molar-refractivity contribution < 1.29 is 0 Å². The molecule has 0 saturated heterocycles. The van der Waals surface area contributed by atoms with Crippen molar-refractivity contribution in [3.8, 4) is 0 Å². The van der Waals surface area contributed by atoms with E-state index in [4.69, 9.17) is 10.7 Å². The fourth-order valence-corrected chi connectivity index (χ4v) is 9.50. The molecule has 5 aromatic rings. The molecule has 1 unspecified atom stereocenters. The summed E-state index contributed by atoms with van der Waals surface area (Å²) in [5.74, 6) is 1.81. The van der Waals surface area contributed by atoms with Crippen LogP contribution in [0.25, 0.3) is 11.1 Å². The minimum absolute atomic E-state index is 0.164. The van der Waals surface area contributed by atoms with Crippen LogP contribution in [-0.2, 0) is 10.8 Å². The lowest BCUT2D eigenvalue weighted by Gasteiger charge is -2.33. The molecule has 3 aromatic heterocycles. The third-order valence-corrected chi connectivity index (χ3v) is 12.3. The van der Waals surface area contributed by atoms with Gasteiger partial charge in [0.1, 0.15) is 11.6 Å². The van der Waals surface area contributed by atoms with Gasteiger partial charge >= 0.3 is 0 Å². The van der Waals surface area contributed by atoms with Gasteiger partial charge in [0.05, 0.1) is 11.4 Å². The molecule has 3 heterocycles. The van der Waals surface area contributed by atoms with Gasteiger partial charge in [-0.3, -0.25) is 19.8 Å². The van der Waals surface area contributed by atoms with Crippen LogP contribution in [0.3, 0.4) is 0 Å². The van der Waals surface area contributed by atoms with E-state index in [-0.39, 0.29) is 16.7 Å². The second kappa shape index (κ2) is 13.6. The Labute approximate surface area is 337 Å². The molecule has 4 aliphatic rings. The van der Waals surface area contributed by atoms with Gasteiger partial charge in [0.15, 0.2) is 0 Å². The number of fused-ring (bicyclic) bond motifs is 7. The van der Waals surface area contributed by atoms with Crippen LogP contribution < -0.4 is 15.5 Å². The third-order valence-electron chi connectivity index (χ3n) is 11.8. The van der Waals surface area contributed by atoms with Crippen LogP contribution in [-0.4, -0.2) is 19.4 Å². The predicted octanol–water partition coefficient (Wildman–Crippen LogP) is 11.6. The number of pyridine rings is 3. The lowest BCUT2D eigenvalue weighted by molar-refractivity contribution is 0.639. The first kappa shape index (κ1) is 35.2. The molecule has 2 N–H and O–H groups in total. The number of nitrogens with two attached hydrogens (primary N) is 1. The zero-order valence-electron chi connectivity index (χ0n) is 31.5. The maximum atomic E-state index is 6.81. The fraction of sp³-hybridized carbons (Fsp3) is 0.188. The Morgan fingerprint density at radius 3 is 2.20 bits per heavy atom. The highest BCUT2D eigenvalue weighted by molar-refractivity contribution is 14.1. The number of halogens is 1. The van der Waals surface area contributed by atoms with Crippen LogP contribution in [0.4, 0.5) is 28.6 Å². The molecule has 6 nitrogen and oxygen atoms in total. The summed E-state index contributed by atoms with van der Waals surface area (Å²) >= 11 is 2.34. The van der Waals surface area contributed by atoms with Gasteiger partial charge in [-0.15, -0.1) is 0 Å². The van der Waals surface area contributed by atoms with E-state index in [1.807, 2.05) is 79.5 Å². The highest BCUT2D eigenvalue weighted by Gasteiger charge is 2.47. The molecule has 7 heteroatoms. The van der Waals surface area contributed by atoms with Gasteiger partial charge in [0.2, 0.25) is 0 Å². The number of aromatic nitrogens is 3. The van der Waals surface area contributed by atoms with E-state index >= 15 is 0 Å². The lowest BCUT2D eigenvalue weighted by atomic mass is 9.70. The molecule has 9 rings (SSSR count). The Hall–Kier alpha value is -5.54. The number of nitrogens with zero attached hydrogens (tertiary/aromatic N) is 5. The summed E-state index contributed by atoms with van der Waals surface area (Å²) < 4.78 is 0.922. The van der Waals surface area contributed by atoms with Crippen molar-refractivity contribution in [1.29, 1.82) is 0 Å². The summed E-state index contributed by atoms with van der Waals surface area (Å²) in [6.07, 6.45) is 23.6. The second-order valence-corrected chi connectivity index (χ2v) is 16.4. The van der Waals surface area contributed by atoms with Crippen molar-refractivity contribution >= 4 is 62.3 Å². The van der Waals surface area contributed by atoms with Crippen molar-refractivity contribution in [2.75, 3.05) is 14.2 Å². The molecule has 0 spiro atoms. The first-order valence-electron chi connectivity index (χ1n) is 18.9. The minimum atomic E-state index is -0.172. The molecule has 4 aliphatic carbocycles. The zero-order valence-corrected chi connectivity index (χ0v) is 33.7. The first-order chi connectivity index (χ1) is 26.7. The lowest BCUT2D eigenvalue weighted by Crippen LogP contribution is -2.23. The zero-order chi connectivity index (χ0) is 37.9. The Balaban J connectivity index is 1.13. The number of alkyl halides is 1. The summed E-state index contributed by atoms with van der Waals surface area (Å²) in [4.78, 5) is 17.7. The summed E-state index contributed by atoms with van der Waals surface area (Å²) in [6.45, 7) is 9.50. The number of rotatable bonds is 8. The maximum Gasteiger partial charge on any atom is 0.137 e. The van der Waals surface area contributed by atoms with Crippen LogP contribution in [0, 0.1) is 5.92 Å². The summed E-state index contributed by atoms with van der Waals surface area (Å²) in [5.41, 5.74) is 23.0. The van der Waals surface area contributed by atoms with Crippen molar-refractivity contribution in [1.82, 2.24) is 15.0 Å². The predicted molar refractivity (Wildman–Crippen MR) is 235 cm³/mol. The smallest absolute Gasteiger partial charge is 0.137 e. The number of hydrogen-bond acceptors (Lipinski definition) is 6. The number of anilines is 5. The molecule has 2 aromatic carbocycles. The Morgan fingerprint density at radius 1 is 0.782 bits per heavy atom. The molecule has 0 bridgehead atoms. The van der Waals surface area contributed by atoms with E-state index in [1.165, 1.54) is 50.1 Å². The van der Waals surface area contributed by atoms with Gasteiger partial charge in [-0.25, -0.2) is 4.98 Å². The average Bonchev–Trinajstić information content (AvgIpc) is 3.58. The van der Waals surface area contributed by atoms with Gasteiger partial charge in [0.25, 0.3) is 0 Å². The van der Waals surface area contributed by atoms with E-state index in [1.54, 1.807) is 0 Å². The summed E-state index contributed by atoms with van der Waals surface area (Å²) in [6, 6.07) is 28.1. The van der Waals surface area contributed by atoms with Crippen LogP contribution in [0.5, 0.6) is 0 Å². The molecule has 0 amide bonds. The first-order valence-corrected chi connectivity index (χ1v) is 20.4. The van der Waals surface area contributed by atoms with Crippen molar-refractivity contribution in [2.24, 2.45) is 11.7 Å². The fourth-order valence-electron chi connectivity index (χ4n) is 9.21. The Bertz CT molecular complexity index is 2470. The molecule has 0 saturated carbocycles. The third kappa shape index (κ3) is 5.70. The topological polar surface area (TPSA) is 71.2 Å². The van der Waals surface area contributed by atoms with Crippen LogP contribution in [0.2, 0.25) is 0 Å². The average molecular weight is 831 g/mol. The van der Waals surface area contributed by atoms with E-state index in [0.717, 1.165) is 39.4 Å². The molecule has 272 valence electrons. The largest absolute Gasteiger partial charge is 0.385 e. The van der Waals surface area contributed by atoms with Crippen molar-refractivity contribution in [2.45, 2.75) is 44.9 Å². The Morgan fingerprint density at radius 2 is 1.47 bits per heavy atom. The van der Waals surface area contributed by atoms with Gasteiger partial charge in [-0.2, -0.15) is 0 Å². The number of benzene rings is 2. The summed E-state index contributed by atoms with van der Waals surface area (Å²) in [5, 5.41) is 0. The Kier molecular flexibility index (Phi) is 8.72. The monoisotopic (exact) mass is 830 g/mol. The molecule has 0 fully saturated rings. The SMILES string of the molecule is CC1(C)C2=CCC3C(=C2c2ccc(N(/C(N)=C/C=C\CI)c4ccncc4)cc21)C=CC1=C3c2ccc(N(c3ccncc3)c3ccccn3)cc2C1(C)C. The van der Waals surface area contributed by atoms with Gasteiger partial charge in [-0.1, -0.05) is 98.9 Å².